The first-order valence-corrected chi connectivity index (χ1v) is 8.27. The number of morpholine rings is 1. The molecule has 2 saturated heterocycles. The summed E-state index contributed by atoms with van der Waals surface area (Å²) in [6.45, 7) is 5.83. The van der Waals surface area contributed by atoms with Gasteiger partial charge in [-0.3, -0.25) is 4.79 Å². The van der Waals surface area contributed by atoms with Crippen LogP contribution in [0.1, 0.15) is 25.3 Å². The molecule has 0 aliphatic carbocycles. The lowest BCUT2D eigenvalue weighted by molar-refractivity contribution is -0.186. The van der Waals surface area contributed by atoms with E-state index in [0.717, 1.165) is 45.4 Å². The highest BCUT2D eigenvalue weighted by molar-refractivity contribution is 5.81. The van der Waals surface area contributed by atoms with Crippen LogP contribution in [0.15, 0.2) is 30.3 Å². The number of amides is 1. The number of hydrogen-bond donors (Lipinski definition) is 0. The fourth-order valence-electron chi connectivity index (χ4n) is 3.68. The Morgan fingerprint density at radius 3 is 2.55 bits per heavy atom. The number of carbonyl (C=O) groups excluding carboxylic acids is 1. The van der Waals surface area contributed by atoms with Gasteiger partial charge in [0.25, 0.3) is 5.91 Å². The molecule has 2 aliphatic rings. The predicted molar refractivity (Wildman–Crippen MR) is 86.7 cm³/mol. The Balaban J connectivity index is 1.51. The topological polar surface area (TPSA) is 32.8 Å². The van der Waals surface area contributed by atoms with Crippen LogP contribution in [0.3, 0.4) is 0 Å². The van der Waals surface area contributed by atoms with Gasteiger partial charge in [0.2, 0.25) is 0 Å². The second-order valence-electron chi connectivity index (χ2n) is 6.71. The van der Waals surface area contributed by atoms with Gasteiger partial charge in [0.15, 0.2) is 0 Å². The van der Waals surface area contributed by atoms with Crippen LogP contribution in [0.5, 0.6) is 0 Å². The predicted octanol–water partition coefficient (Wildman–Crippen LogP) is 1.94. The molecule has 2 heterocycles. The third kappa shape index (κ3) is 3.33. The Labute approximate surface area is 133 Å². The van der Waals surface area contributed by atoms with Crippen molar-refractivity contribution in [3.05, 3.63) is 35.9 Å². The number of carbonyl (C=O) groups is 1. The number of rotatable bonds is 3. The molecule has 2 fully saturated rings. The van der Waals surface area contributed by atoms with Crippen LogP contribution < -0.4 is 0 Å². The molecule has 0 radical (unpaired) electrons. The molecule has 1 amide bonds. The molecular formula is C18H26N2O2. The molecule has 0 N–H and O–H groups in total. The molecule has 4 heteroatoms. The van der Waals surface area contributed by atoms with Crippen molar-refractivity contribution in [2.24, 2.45) is 0 Å². The number of ether oxygens (including phenoxy) is 1. The fraction of sp³-hybridized carbons (Fsp3) is 0.611. The highest BCUT2D eigenvalue weighted by Crippen LogP contribution is 2.32. The molecule has 3 rings (SSSR count). The van der Waals surface area contributed by atoms with Gasteiger partial charge in [-0.05, 0) is 31.7 Å². The van der Waals surface area contributed by atoms with Crippen molar-refractivity contribution in [3.63, 3.8) is 0 Å². The normalized spacial score (nSPS) is 25.6. The molecular weight excluding hydrogens is 276 g/mol. The fourth-order valence-corrected chi connectivity index (χ4v) is 3.68. The van der Waals surface area contributed by atoms with Crippen molar-refractivity contribution in [1.82, 2.24) is 9.80 Å². The van der Waals surface area contributed by atoms with Gasteiger partial charge in [0, 0.05) is 33.2 Å². The number of nitrogens with zero attached hydrogens (tertiary/aromatic N) is 2. The smallest absolute Gasteiger partial charge is 0.251 e. The Kier molecular flexibility index (Phi) is 4.50. The van der Waals surface area contributed by atoms with Crippen LogP contribution in [0.4, 0.5) is 0 Å². The first-order valence-electron chi connectivity index (χ1n) is 8.27. The van der Waals surface area contributed by atoms with Crippen LogP contribution in [0, 0.1) is 0 Å². The SMILES string of the molecule is C[C@H]1OC2(CCN(CCc3ccccc3)CC2)CN(C)C1=O. The van der Waals surface area contributed by atoms with Crippen molar-refractivity contribution in [2.45, 2.75) is 37.9 Å². The van der Waals surface area contributed by atoms with Crippen LogP contribution in [-0.2, 0) is 16.0 Å². The third-order valence-electron chi connectivity index (χ3n) is 5.00. The van der Waals surface area contributed by atoms with E-state index in [-0.39, 0.29) is 17.6 Å². The maximum atomic E-state index is 11.9. The van der Waals surface area contributed by atoms with E-state index >= 15 is 0 Å². The van der Waals surface area contributed by atoms with Crippen LogP contribution in [-0.4, -0.2) is 60.6 Å². The first-order chi connectivity index (χ1) is 10.6. The van der Waals surface area contributed by atoms with Gasteiger partial charge in [0.1, 0.15) is 6.10 Å². The summed E-state index contributed by atoms with van der Waals surface area (Å²) < 4.78 is 6.09. The Hall–Kier alpha value is -1.39. The van der Waals surface area contributed by atoms with E-state index < -0.39 is 0 Å². The summed E-state index contributed by atoms with van der Waals surface area (Å²) in [7, 11) is 1.89. The molecule has 2 aliphatic heterocycles. The van der Waals surface area contributed by atoms with Crippen LogP contribution in [0.2, 0.25) is 0 Å². The van der Waals surface area contributed by atoms with E-state index in [1.54, 1.807) is 0 Å². The average Bonchev–Trinajstić information content (AvgIpc) is 2.53. The minimum Gasteiger partial charge on any atom is -0.360 e. The summed E-state index contributed by atoms with van der Waals surface area (Å²) in [6.07, 6.45) is 2.84. The summed E-state index contributed by atoms with van der Waals surface area (Å²) in [5, 5.41) is 0. The minimum absolute atomic E-state index is 0.108. The molecule has 0 saturated carbocycles. The second-order valence-corrected chi connectivity index (χ2v) is 6.71. The molecule has 4 nitrogen and oxygen atoms in total. The third-order valence-corrected chi connectivity index (χ3v) is 5.00. The summed E-state index contributed by atoms with van der Waals surface area (Å²) in [6, 6.07) is 10.7. The summed E-state index contributed by atoms with van der Waals surface area (Å²) in [5.41, 5.74) is 1.28. The number of likely N-dealkylation sites (tertiary alicyclic amines) is 1. The van der Waals surface area contributed by atoms with E-state index in [1.165, 1.54) is 5.56 Å². The lowest BCUT2D eigenvalue weighted by Crippen LogP contribution is -2.60. The molecule has 1 aromatic carbocycles. The number of benzene rings is 1. The maximum Gasteiger partial charge on any atom is 0.251 e. The van der Waals surface area contributed by atoms with Crippen molar-refractivity contribution < 1.29 is 9.53 Å². The van der Waals surface area contributed by atoms with Gasteiger partial charge in [0.05, 0.1) is 5.60 Å². The number of piperidine rings is 1. The van der Waals surface area contributed by atoms with E-state index in [1.807, 2.05) is 18.9 Å². The molecule has 22 heavy (non-hydrogen) atoms. The molecule has 0 unspecified atom stereocenters. The Bertz CT molecular complexity index is 493. The van der Waals surface area contributed by atoms with E-state index in [4.69, 9.17) is 4.74 Å². The van der Waals surface area contributed by atoms with E-state index in [9.17, 15) is 4.79 Å². The van der Waals surface area contributed by atoms with Crippen LogP contribution >= 0.6 is 0 Å². The minimum atomic E-state index is -0.297. The van der Waals surface area contributed by atoms with Gasteiger partial charge in [-0.2, -0.15) is 0 Å². The lowest BCUT2D eigenvalue weighted by Gasteiger charge is -2.48. The average molecular weight is 302 g/mol. The van der Waals surface area contributed by atoms with Crippen molar-refractivity contribution in [3.8, 4) is 0 Å². The zero-order chi connectivity index (χ0) is 15.6. The zero-order valence-corrected chi connectivity index (χ0v) is 13.6. The second kappa shape index (κ2) is 6.39. The first kappa shape index (κ1) is 15.5. The van der Waals surface area contributed by atoms with Gasteiger partial charge < -0.3 is 14.5 Å². The molecule has 0 aromatic heterocycles. The Morgan fingerprint density at radius 1 is 1.23 bits per heavy atom. The number of hydrogen-bond acceptors (Lipinski definition) is 3. The molecule has 1 spiro atoms. The van der Waals surface area contributed by atoms with Gasteiger partial charge >= 0.3 is 0 Å². The summed E-state index contributed by atoms with van der Waals surface area (Å²) in [4.78, 5) is 16.2. The van der Waals surface area contributed by atoms with Gasteiger partial charge in [-0.15, -0.1) is 0 Å². The van der Waals surface area contributed by atoms with Crippen molar-refractivity contribution >= 4 is 5.91 Å². The number of likely N-dealkylation sites (N-methyl/N-ethyl adjacent to an activating group) is 1. The van der Waals surface area contributed by atoms with Crippen molar-refractivity contribution in [1.29, 1.82) is 0 Å². The maximum absolute atomic E-state index is 11.9. The van der Waals surface area contributed by atoms with E-state index in [0.29, 0.717) is 0 Å². The molecule has 0 bridgehead atoms. The highest BCUT2D eigenvalue weighted by Gasteiger charge is 2.43. The monoisotopic (exact) mass is 302 g/mol. The quantitative estimate of drug-likeness (QED) is 0.855. The van der Waals surface area contributed by atoms with Gasteiger partial charge in [-0.25, -0.2) is 0 Å². The zero-order valence-electron chi connectivity index (χ0n) is 13.6. The highest BCUT2D eigenvalue weighted by atomic mass is 16.5. The van der Waals surface area contributed by atoms with Crippen LogP contribution in [0.25, 0.3) is 0 Å². The molecule has 120 valence electrons. The summed E-state index contributed by atoms with van der Waals surface area (Å²) in [5.74, 6) is 0.108. The largest absolute Gasteiger partial charge is 0.360 e. The van der Waals surface area contributed by atoms with Crippen molar-refractivity contribution in [2.75, 3.05) is 33.2 Å². The van der Waals surface area contributed by atoms with E-state index in [2.05, 4.69) is 35.2 Å². The summed E-state index contributed by atoms with van der Waals surface area (Å²) >= 11 is 0. The lowest BCUT2D eigenvalue weighted by atomic mass is 9.88. The molecule has 1 atom stereocenters. The molecule has 1 aromatic rings. The Morgan fingerprint density at radius 2 is 1.91 bits per heavy atom. The van der Waals surface area contributed by atoms with Gasteiger partial charge in [-0.1, -0.05) is 30.3 Å². The standard InChI is InChI=1S/C18H26N2O2/c1-15-17(21)19(2)14-18(22-15)9-12-20(13-10-18)11-8-16-6-4-3-5-7-16/h3-7,15H,8-14H2,1-2H3/t15-/m1/s1.